The van der Waals surface area contributed by atoms with Crippen LogP contribution in [0.25, 0.3) is 11.1 Å². The van der Waals surface area contributed by atoms with Crippen molar-refractivity contribution in [3.05, 3.63) is 58.0 Å². The molecule has 2 rings (SSSR count). The van der Waals surface area contributed by atoms with Gasteiger partial charge in [-0.15, -0.1) is 0 Å². The van der Waals surface area contributed by atoms with E-state index in [1.807, 2.05) is 0 Å². The van der Waals surface area contributed by atoms with Crippen molar-refractivity contribution < 1.29 is 26.3 Å². The maximum atomic E-state index is 13.0. The summed E-state index contributed by atoms with van der Waals surface area (Å²) in [6.45, 7) is 0. The summed E-state index contributed by atoms with van der Waals surface area (Å²) in [7, 11) is 0. The number of pyridine rings is 1. The van der Waals surface area contributed by atoms with Crippen LogP contribution >= 0.6 is 12.8 Å². The highest BCUT2D eigenvalue weighted by Crippen LogP contribution is 2.40. The fraction of sp³-hybridized carbons (Fsp3) is 0.154. The normalized spacial score (nSPS) is 12.5. The van der Waals surface area contributed by atoms with Crippen molar-refractivity contribution in [2.24, 2.45) is 0 Å². The second-order valence-electron chi connectivity index (χ2n) is 4.30. The zero-order chi connectivity index (χ0) is 16.7. The van der Waals surface area contributed by atoms with E-state index in [2.05, 4.69) is 12.8 Å². The standard InChI is InChI=1S/C13H7F6NOS/c14-12(15,16)8-4-2-1-3-7(8)10-9(13(17,18)19)5-6-20(22)11(10)21/h1-6,22H. The fourth-order valence-electron chi connectivity index (χ4n) is 1.97. The highest BCUT2D eigenvalue weighted by atomic mass is 32.1. The fourth-order valence-corrected chi connectivity index (χ4v) is 2.14. The molecule has 0 aliphatic carbocycles. The molecule has 0 bridgehead atoms. The minimum absolute atomic E-state index is 0.498. The monoisotopic (exact) mass is 339 g/mol. The summed E-state index contributed by atoms with van der Waals surface area (Å²) >= 11 is 3.62. The van der Waals surface area contributed by atoms with Gasteiger partial charge in [-0.05, 0) is 12.1 Å². The molecule has 118 valence electrons. The zero-order valence-electron chi connectivity index (χ0n) is 10.5. The number of alkyl halides is 6. The molecule has 2 nitrogen and oxygen atoms in total. The Morgan fingerprint density at radius 1 is 0.864 bits per heavy atom. The van der Waals surface area contributed by atoms with Gasteiger partial charge in [0.2, 0.25) is 0 Å². The molecule has 0 unspecified atom stereocenters. The van der Waals surface area contributed by atoms with Gasteiger partial charge in [-0.1, -0.05) is 31.0 Å². The third-order valence-electron chi connectivity index (χ3n) is 2.88. The molecule has 0 atom stereocenters. The Balaban J connectivity index is 2.90. The summed E-state index contributed by atoms with van der Waals surface area (Å²) in [6.07, 6.45) is -9.15. The summed E-state index contributed by atoms with van der Waals surface area (Å²) < 4.78 is 78.5. The molecule has 2 aromatic rings. The van der Waals surface area contributed by atoms with Crippen LogP contribution in [0.3, 0.4) is 0 Å². The molecule has 9 heteroatoms. The Morgan fingerprint density at radius 3 is 1.95 bits per heavy atom. The number of nitrogens with zero attached hydrogens (tertiary/aromatic N) is 1. The van der Waals surface area contributed by atoms with Gasteiger partial charge in [0.15, 0.2) is 0 Å². The van der Waals surface area contributed by atoms with Crippen molar-refractivity contribution in [2.45, 2.75) is 12.4 Å². The first kappa shape index (κ1) is 16.5. The average molecular weight is 339 g/mol. The number of rotatable bonds is 1. The van der Waals surface area contributed by atoms with Crippen LogP contribution in [0.15, 0.2) is 41.3 Å². The molecule has 1 heterocycles. The smallest absolute Gasteiger partial charge is 0.268 e. The largest absolute Gasteiger partial charge is 0.417 e. The van der Waals surface area contributed by atoms with Crippen molar-refractivity contribution in [2.75, 3.05) is 0 Å². The van der Waals surface area contributed by atoms with Gasteiger partial charge in [-0.25, -0.2) is 0 Å². The Morgan fingerprint density at radius 2 is 1.41 bits per heavy atom. The second kappa shape index (κ2) is 5.38. The molecule has 22 heavy (non-hydrogen) atoms. The van der Waals surface area contributed by atoms with E-state index in [4.69, 9.17) is 0 Å². The molecular formula is C13H7F6NOS. The number of halogens is 6. The van der Waals surface area contributed by atoms with E-state index in [0.717, 1.165) is 24.4 Å². The van der Waals surface area contributed by atoms with Crippen molar-refractivity contribution in [1.82, 2.24) is 3.97 Å². The molecule has 0 radical (unpaired) electrons. The lowest BCUT2D eigenvalue weighted by Crippen LogP contribution is -2.22. The highest BCUT2D eigenvalue weighted by Gasteiger charge is 2.39. The molecule has 1 aromatic heterocycles. The molecule has 1 aromatic carbocycles. The molecular weight excluding hydrogens is 332 g/mol. The predicted molar refractivity (Wildman–Crippen MR) is 70.5 cm³/mol. The molecule has 0 saturated heterocycles. The lowest BCUT2D eigenvalue weighted by Gasteiger charge is -2.17. The van der Waals surface area contributed by atoms with Crippen LogP contribution in [0, 0.1) is 0 Å². The number of aromatic nitrogens is 1. The van der Waals surface area contributed by atoms with Gasteiger partial charge in [0.05, 0.1) is 16.7 Å². The van der Waals surface area contributed by atoms with Crippen LogP contribution in [0.5, 0.6) is 0 Å². The first-order valence-corrected chi connectivity index (χ1v) is 6.12. The summed E-state index contributed by atoms with van der Waals surface area (Å²) in [6, 6.07) is 4.10. The molecule has 0 saturated carbocycles. The third-order valence-corrected chi connectivity index (χ3v) is 3.20. The van der Waals surface area contributed by atoms with Gasteiger partial charge in [-0.3, -0.25) is 8.77 Å². The van der Waals surface area contributed by atoms with E-state index in [1.165, 1.54) is 0 Å². The first-order valence-electron chi connectivity index (χ1n) is 5.72. The van der Waals surface area contributed by atoms with E-state index >= 15 is 0 Å². The molecule has 0 amide bonds. The van der Waals surface area contributed by atoms with Crippen LogP contribution in [0.1, 0.15) is 11.1 Å². The highest BCUT2D eigenvalue weighted by molar-refractivity contribution is 7.78. The maximum Gasteiger partial charge on any atom is 0.417 e. The zero-order valence-corrected chi connectivity index (χ0v) is 11.4. The third kappa shape index (κ3) is 2.99. The van der Waals surface area contributed by atoms with E-state index in [1.54, 1.807) is 0 Å². The van der Waals surface area contributed by atoms with Gasteiger partial charge < -0.3 is 0 Å². The Bertz CT molecular complexity index is 762. The van der Waals surface area contributed by atoms with Crippen LogP contribution in [-0.4, -0.2) is 3.97 Å². The van der Waals surface area contributed by atoms with Gasteiger partial charge in [0.25, 0.3) is 5.56 Å². The van der Waals surface area contributed by atoms with E-state index in [0.29, 0.717) is 16.1 Å². The lowest BCUT2D eigenvalue weighted by atomic mass is 9.96. The molecule has 0 fully saturated rings. The van der Waals surface area contributed by atoms with Crippen LogP contribution in [0.2, 0.25) is 0 Å². The van der Waals surface area contributed by atoms with Crippen LogP contribution in [0.4, 0.5) is 26.3 Å². The second-order valence-corrected chi connectivity index (χ2v) is 4.73. The number of hydrogen-bond donors (Lipinski definition) is 1. The predicted octanol–water partition coefficient (Wildman–Crippen LogP) is 4.25. The molecule has 0 aliphatic heterocycles. The van der Waals surface area contributed by atoms with E-state index < -0.39 is 40.2 Å². The van der Waals surface area contributed by atoms with Crippen molar-refractivity contribution >= 4 is 12.8 Å². The maximum absolute atomic E-state index is 13.0. The number of thiol groups is 1. The summed E-state index contributed by atoms with van der Waals surface area (Å²) in [5, 5.41) is 0. The van der Waals surface area contributed by atoms with E-state index in [-0.39, 0.29) is 0 Å². The molecule has 0 N–H and O–H groups in total. The number of benzene rings is 1. The van der Waals surface area contributed by atoms with Crippen molar-refractivity contribution in [3.8, 4) is 11.1 Å². The molecule has 0 spiro atoms. The summed E-state index contributed by atoms with van der Waals surface area (Å²) in [5.74, 6) is 0. The van der Waals surface area contributed by atoms with Crippen molar-refractivity contribution in [3.63, 3.8) is 0 Å². The molecule has 0 aliphatic rings. The van der Waals surface area contributed by atoms with Gasteiger partial charge in [0.1, 0.15) is 0 Å². The lowest BCUT2D eigenvalue weighted by molar-refractivity contribution is -0.139. The quantitative estimate of drug-likeness (QED) is 0.609. The Hall–Kier alpha value is -1.90. The van der Waals surface area contributed by atoms with Gasteiger partial charge in [-0.2, -0.15) is 26.3 Å². The van der Waals surface area contributed by atoms with E-state index in [9.17, 15) is 31.1 Å². The van der Waals surface area contributed by atoms with Crippen LogP contribution in [-0.2, 0) is 12.4 Å². The minimum Gasteiger partial charge on any atom is -0.268 e. The minimum atomic E-state index is -4.98. The van der Waals surface area contributed by atoms with Gasteiger partial charge >= 0.3 is 12.4 Å². The van der Waals surface area contributed by atoms with Gasteiger partial charge in [0, 0.05) is 11.8 Å². The Labute approximate surface area is 125 Å². The summed E-state index contributed by atoms with van der Waals surface area (Å²) in [4.78, 5) is 11.9. The first-order chi connectivity index (χ1) is 10.0. The van der Waals surface area contributed by atoms with Crippen LogP contribution < -0.4 is 5.56 Å². The SMILES string of the molecule is O=c1c(-c2ccccc2C(F)(F)F)c(C(F)(F)F)ccn1S. The number of hydrogen-bond acceptors (Lipinski definition) is 2. The summed E-state index contributed by atoms with van der Waals surface area (Å²) in [5.41, 5.74) is -5.97. The average Bonchev–Trinajstić information content (AvgIpc) is 2.39. The Kier molecular flexibility index (Phi) is 4.03. The topological polar surface area (TPSA) is 22.0 Å². The van der Waals surface area contributed by atoms with Crippen molar-refractivity contribution in [1.29, 1.82) is 0 Å².